The number of benzene rings is 1. The molecule has 0 amide bonds. The zero-order valence-corrected chi connectivity index (χ0v) is 9.22. The van der Waals surface area contributed by atoms with E-state index in [2.05, 4.69) is 9.88 Å². The molecule has 0 bridgehead atoms. The van der Waals surface area contributed by atoms with Gasteiger partial charge in [-0.05, 0) is 12.1 Å². The summed E-state index contributed by atoms with van der Waals surface area (Å²) in [5, 5.41) is 1.04. The van der Waals surface area contributed by atoms with Crippen molar-refractivity contribution in [3.8, 4) is 0 Å². The van der Waals surface area contributed by atoms with Gasteiger partial charge in [-0.1, -0.05) is 41.1 Å². The van der Waals surface area contributed by atoms with Crippen LogP contribution >= 0.6 is 22.9 Å². The highest BCUT2D eigenvalue weighted by Gasteiger charge is 2.06. The number of hydrogen-bond acceptors (Lipinski definition) is 3. The highest BCUT2D eigenvalue weighted by Crippen LogP contribution is 2.30. The molecule has 0 saturated heterocycles. The fourth-order valence-electron chi connectivity index (χ4n) is 1.18. The maximum atomic E-state index is 5.77. The van der Waals surface area contributed by atoms with E-state index in [0.717, 1.165) is 10.7 Å². The van der Waals surface area contributed by atoms with Gasteiger partial charge in [-0.25, -0.2) is 4.98 Å². The van der Waals surface area contributed by atoms with E-state index in [1.807, 2.05) is 37.4 Å². The minimum atomic E-state index is 0.572. The molecule has 0 unspecified atom stereocenters. The first-order chi connectivity index (χ1) is 6.77. The second-order valence-corrected chi connectivity index (χ2v) is 4.44. The Balaban J connectivity index is 2.29. The van der Waals surface area contributed by atoms with Gasteiger partial charge in [-0.15, -0.1) is 0 Å². The molecule has 14 heavy (non-hydrogen) atoms. The number of hydrogen-bond donors (Lipinski definition) is 0. The van der Waals surface area contributed by atoms with Gasteiger partial charge in [0.15, 0.2) is 4.47 Å². The first kappa shape index (κ1) is 9.49. The number of aromatic nitrogens is 1. The summed E-state index contributed by atoms with van der Waals surface area (Å²) in [5.74, 6) is 0. The average molecular weight is 225 g/mol. The number of anilines is 2. The predicted molar refractivity (Wildman–Crippen MR) is 61.6 cm³/mol. The lowest BCUT2D eigenvalue weighted by Gasteiger charge is -2.15. The third-order valence-corrected chi connectivity index (χ3v) is 3.13. The van der Waals surface area contributed by atoms with Gasteiger partial charge in [0.2, 0.25) is 0 Å². The molecule has 2 nitrogen and oxygen atoms in total. The van der Waals surface area contributed by atoms with Crippen molar-refractivity contribution in [1.82, 2.24) is 4.98 Å². The van der Waals surface area contributed by atoms with Crippen molar-refractivity contribution < 1.29 is 0 Å². The number of halogens is 1. The Hall–Kier alpha value is -1.06. The molecular weight excluding hydrogens is 216 g/mol. The molecule has 1 aromatic heterocycles. The van der Waals surface area contributed by atoms with Gasteiger partial charge < -0.3 is 4.90 Å². The zero-order chi connectivity index (χ0) is 9.97. The SMILES string of the molecule is CN(c1ccccc1)c1cnc(Cl)s1. The van der Waals surface area contributed by atoms with Crippen molar-refractivity contribution in [2.45, 2.75) is 0 Å². The predicted octanol–water partition coefficient (Wildman–Crippen LogP) is 3.56. The lowest BCUT2D eigenvalue weighted by Crippen LogP contribution is -2.06. The van der Waals surface area contributed by atoms with Crippen LogP contribution in [0.15, 0.2) is 36.5 Å². The fourth-order valence-corrected chi connectivity index (χ4v) is 2.09. The Kier molecular flexibility index (Phi) is 2.70. The molecule has 0 spiro atoms. The Morgan fingerprint density at radius 3 is 2.57 bits per heavy atom. The van der Waals surface area contributed by atoms with E-state index in [9.17, 15) is 0 Å². The second-order valence-electron chi connectivity index (χ2n) is 2.85. The van der Waals surface area contributed by atoms with Gasteiger partial charge in [0.25, 0.3) is 0 Å². The summed E-state index contributed by atoms with van der Waals surface area (Å²) in [5.41, 5.74) is 1.13. The van der Waals surface area contributed by atoms with Crippen molar-refractivity contribution in [3.05, 3.63) is 41.0 Å². The normalized spacial score (nSPS) is 10.1. The Morgan fingerprint density at radius 1 is 1.29 bits per heavy atom. The van der Waals surface area contributed by atoms with E-state index in [1.54, 1.807) is 6.20 Å². The van der Waals surface area contributed by atoms with E-state index in [1.165, 1.54) is 11.3 Å². The maximum absolute atomic E-state index is 5.77. The molecule has 0 aliphatic heterocycles. The van der Waals surface area contributed by atoms with Crippen LogP contribution in [0.4, 0.5) is 10.7 Å². The van der Waals surface area contributed by atoms with Crippen LogP contribution in [-0.4, -0.2) is 12.0 Å². The maximum Gasteiger partial charge on any atom is 0.185 e. The highest BCUT2D eigenvalue weighted by molar-refractivity contribution is 7.19. The van der Waals surface area contributed by atoms with Crippen LogP contribution in [0.2, 0.25) is 4.47 Å². The molecule has 2 rings (SSSR count). The van der Waals surface area contributed by atoms with Gasteiger partial charge >= 0.3 is 0 Å². The van der Waals surface area contributed by atoms with Crippen LogP contribution in [0.3, 0.4) is 0 Å². The molecule has 0 saturated carbocycles. The van der Waals surface area contributed by atoms with Crippen molar-refractivity contribution in [2.24, 2.45) is 0 Å². The second kappa shape index (κ2) is 3.98. The zero-order valence-electron chi connectivity index (χ0n) is 7.64. The van der Waals surface area contributed by atoms with Gasteiger partial charge in [-0.3, -0.25) is 0 Å². The third-order valence-electron chi connectivity index (χ3n) is 1.94. The van der Waals surface area contributed by atoms with E-state index in [-0.39, 0.29) is 0 Å². The molecule has 0 atom stereocenters. The molecule has 0 radical (unpaired) electrons. The van der Waals surface area contributed by atoms with Crippen molar-refractivity contribution >= 4 is 33.6 Å². The molecule has 4 heteroatoms. The molecule has 1 aromatic carbocycles. The number of nitrogens with zero attached hydrogens (tertiary/aromatic N) is 2. The van der Waals surface area contributed by atoms with Crippen LogP contribution < -0.4 is 4.90 Å². The summed E-state index contributed by atoms with van der Waals surface area (Å²) < 4.78 is 0.572. The molecule has 0 aliphatic carbocycles. The van der Waals surface area contributed by atoms with Crippen molar-refractivity contribution in [3.63, 3.8) is 0 Å². The van der Waals surface area contributed by atoms with Gasteiger partial charge in [0.1, 0.15) is 5.00 Å². The summed E-state index contributed by atoms with van der Waals surface area (Å²) in [7, 11) is 2.00. The molecule has 0 fully saturated rings. The quantitative estimate of drug-likeness (QED) is 0.776. The van der Waals surface area contributed by atoms with Crippen molar-refractivity contribution in [1.29, 1.82) is 0 Å². The molecule has 0 aliphatic rings. The van der Waals surface area contributed by atoms with Crippen LogP contribution in [0.1, 0.15) is 0 Å². The van der Waals surface area contributed by atoms with Gasteiger partial charge in [-0.2, -0.15) is 0 Å². The summed E-state index contributed by atoms with van der Waals surface area (Å²) in [6.45, 7) is 0. The lowest BCUT2D eigenvalue weighted by molar-refractivity contribution is 1.22. The monoisotopic (exact) mass is 224 g/mol. The fraction of sp³-hybridized carbons (Fsp3) is 0.100. The third kappa shape index (κ3) is 1.89. The average Bonchev–Trinajstić information content (AvgIpc) is 2.65. The molecule has 0 N–H and O–H groups in total. The van der Waals surface area contributed by atoms with Gasteiger partial charge in [0.05, 0.1) is 6.20 Å². The topological polar surface area (TPSA) is 16.1 Å². The Bertz CT molecular complexity index is 413. The van der Waals surface area contributed by atoms with E-state index >= 15 is 0 Å². The minimum Gasteiger partial charge on any atom is -0.335 e. The molecule has 2 aromatic rings. The van der Waals surface area contributed by atoms with Crippen LogP contribution in [0.25, 0.3) is 0 Å². The van der Waals surface area contributed by atoms with E-state index in [0.29, 0.717) is 4.47 Å². The number of rotatable bonds is 2. The summed E-state index contributed by atoms with van der Waals surface area (Å²) in [6.07, 6.45) is 1.78. The van der Waals surface area contributed by atoms with E-state index in [4.69, 9.17) is 11.6 Å². The summed E-state index contributed by atoms with van der Waals surface area (Å²) >= 11 is 7.24. The summed E-state index contributed by atoms with van der Waals surface area (Å²) in [4.78, 5) is 6.06. The van der Waals surface area contributed by atoms with E-state index < -0.39 is 0 Å². The highest BCUT2D eigenvalue weighted by atomic mass is 35.5. The lowest BCUT2D eigenvalue weighted by atomic mass is 10.3. The van der Waals surface area contributed by atoms with Crippen molar-refractivity contribution in [2.75, 3.05) is 11.9 Å². The molecular formula is C10H9ClN2S. The Labute approximate surface area is 91.8 Å². The minimum absolute atomic E-state index is 0.572. The Morgan fingerprint density at radius 2 is 2.00 bits per heavy atom. The number of thiazole rings is 1. The largest absolute Gasteiger partial charge is 0.335 e. The van der Waals surface area contributed by atoms with Crippen LogP contribution in [0.5, 0.6) is 0 Å². The first-order valence-electron chi connectivity index (χ1n) is 4.17. The van der Waals surface area contributed by atoms with Gasteiger partial charge in [0, 0.05) is 12.7 Å². The molecule has 1 heterocycles. The van der Waals surface area contributed by atoms with Crippen LogP contribution in [0, 0.1) is 0 Å². The summed E-state index contributed by atoms with van der Waals surface area (Å²) in [6, 6.07) is 10.1. The smallest absolute Gasteiger partial charge is 0.185 e. The number of para-hydroxylation sites is 1. The molecule has 72 valence electrons. The first-order valence-corrected chi connectivity index (χ1v) is 5.37. The van der Waals surface area contributed by atoms with Crippen LogP contribution in [-0.2, 0) is 0 Å². The standard InChI is InChI=1S/C10H9ClN2S/c1-13(8-5-3-2-4-6-8)9-7-12-10(11)14-9/h2-7H,1H3.